The lowest BCUT2D eigenvalue weighted by Crippen LogP contribution is -1.95. The fourth-order valence-electron chi connectivity index (χ4n) is 2.48. The second-order valence-corrected chi connectivity index (χ2v) is 5.36. The van der Waals surface area contributed by atoms with Gasteiger partial charge in [-0.3, -0.25) is 5.10 Å². The van der Waals surface area contributed by atoms with E-state index >= 15 is 0 Å². The average Bonchev–Trinajstić information content (AvgIpc) is 2.97. The first kappa shape index (κ1) is 14.2. The van der Waals surface area contributed by atoms with E-state index in [4.69, 9.17) is 0 Å². The number of aromatic nitrogens is 2. The van der Waals surface area contributed by atoms with Crippen molar-refractivity contribution in [3.05, 3.63) is 59.7 Å². The average molecular weight is 293 g/mol. The van der Waals surface area contributed by atoms with Crippen LogP contribution in [0.3, 0.4) is 0 Å². The van der Waals surface area contributed by atoms with Crippen molar-refractivity contribution in [1.29, 1.82) is 0 Å². The largest absolute Gasteiger partial charge is 0.508 e. The van der Waals surface area contributed by atoms with E-state index in [0.717, 1.165) is 34.7 Å². The van der Waals surface area contributed by atoms with Crippen molar-refractivity contribution < 1.29 is 5.11 Å². The molecule has 1 aromatic heterocycles. The number of nitrogens with one attached hydrogen (secondary N) is 2. The molecule has 0 saturated carbocycles. The number of hydrogen-bond donors (Lipinski definition) is 3. The van der Waals surface area contributed by atoms with Crippen molar-refractivity contribution in [3.8, 4) is 17.0 Å². The van der Waals surface area contributed by atoms with Crippen LogP contribution in [-0.4, -0.2) is 15.3 Å². The molecule has 3 rings (SSSR count). The van der Waals surface area contributed by atoms with Gasteiger partial charge in [-0.2, -0.15) is 5.10 Å². The topological polar surface area (TPSA) is 60.9 Å². The lowest BCUT2D eigenvalue weighted by molar-refractivity contribution is 0.474. The van der Waals surface area contributed by atoms with Gasteiger partial charge in [-0.15, -0.1) is 0 Å². The molecule has 0 aliphatic rings. The summed E-state index contributed by atoms with van der Waals surface area (Å²) in [4.78, 5) is 0. The summed E-state index contributed by atoms with van der Waals surface area (Å²) < 4.78 is 0. The molecule has 0 unspecified atom stereocenters. The molecule has 0 amide bonds. The van der Waals surface area contributed by atoms with Crippen LogP contribution in [-0.2, 0) is 6.42 Å². The Labute approximate surface area is 129 Å². The lowest BCUT2D eigenvalue weighted by atomic mass is 10.1. The molecule has 0 bridgehead atoms. The van der Waals surface area contributed by atoms with E-state index in [0.29, 0.717) is 0 Å². The van der Waals surface area contributed by atoms with Crippen LogP contribution in [0.25, 0.3) is 11.3 Å². The minimum absolute atomic E-state index is 0.282. The Kier molecular flexibility index (Phi) is 3.83. The van der Waals surface area contributed by atoms with Gasteiger partial charge in [0.25, 0.3) is 0 Å². The molecule has 1 heterocycles. The Hall–Kier alpha value is -2.75. The van der Waals surface area contributed by atoms with Crippen molar-refractivity contribution >= 4 is 11.5 Å². The highest BCUT2D eigenvalue weighted by molar-refractivity contribution is 5.68. The number of aromatic amines is 1. The van der Waals surface area contributed by atoms with E-state index in [-0.39, 0.29) is 5.75 Å². The normalized spacial score (nSPS) is 10.6. The second kappa shape index (κ2) is 5.93. The molecule has 3 aromatic rings. The van der Waals surface area contributed by atoms with Crippen molar-refractivity contribution in [2.45, 2.75) is 20.3 Å². The molecule has 0 radical (unpaired) electrons. The highest BCUT2D eigenvalue weighted by Gasteiger charge is 2.07. The number of hydrogen-bond acceptors (Lipinski definition) is 3. The highest BCUT2D eigenvalue weighted by Crippen LogP contribution is 2.26. The maximum absolute atomic E-state index is 9.56. The minimum Gasteiger partial charge on any atom is -0.508 e. The van der Waals surface area contributed by atoms with E-state index in [2.05, 4.69) is 47.6 Å². The van der Waals surface area contributed by atoms with E-state index in [9.17, 15) is 5.11 Å². The summed E-state index contributed by atoms with van der Waals surface area (Å²) in [5.41, 5.74) is 5.32. The fraction of sp³-hybridized carbons (Fsp3) is 0.167. The number of phenols is 1. The minimum atomic E-state index is 0.282. The SMILES string of the molecule is CCc1cc(O)ccc1Nc1cc(-c2cccc(C)c2)[nH]n1. The third-order valence-electron chi connectivity index (χ3n) is 3.64. The predicted octanol–water partition coefficient (Wildman–Crippen LogP) is 4.40. The van der Waals surface area contributed by atoms with E-state index in [1.807, 2.05) is 18.2 Å². The van der Waals surface area contributed by atoms with Crippen molar-refractivity contribution in [2.24, 2.45) is 0 Å². The summed E-state index contributed by atoms with van der Waals surface area (Å²) in [6.07, 6.45) is 0.839. The van der Waals surface area contributed by atoms with Crippen molar-refractivity contribution in [2.75, 3.05) is 5.32 Å². The maximum Gasteiger partial charge on any atom is 0.152 e. The van der Waals surface area contributed by atoms with E-state index in [1.165, 1.54) is 5.56 Å². The van der Waals surface area contributed by atoms with Crippen molar-refractivity contribution in [1.82, 2.24) is 10.2 Å². The summed E-state index contributed by atoms with van der Waals surface area (Å²) in [7, 11) is 0. The van der Waals surface area contributed by atoms with Crippen LogP contribution in [0.4, 0.5) is 11.5 Å². The van der Waals surface area contributed by atoms with Gasteiger partial charge in [-0.1, -0.05) is 30.7 Å². The predicted molar refractivity (Wildman–Crippen MR) is 89.5 cm³/mol. The number of aromatic hydroxyl groups is 1. The highest BCUT2D eigenvalue weighted by atomic mass is 16.3. The molecule has 4 nitrogen and oxygen atoms in total. The Balaban J connectivity index is 1.86. The first-order chi connectivity index (χ1) is 10.7. The molecule has 0 spiro atoms. The fourth-order valence-corrected chi connectivity index (χ4v) is 2.48. The number of benzene rings is 2. The van der Waals surface area contributed by atoms with Crippen LogP contribution in [0, 0.1) is 6.92 Å². The third-order valence-corrected chi connectivity index (χ3v) is 3.64. The van der Waals surface area contributed by atoms with Gasteiger partial charge >= 0.3 is 0 Å². The molecule has 3 N–H and O–H groups in total. The van der Waals surface area contributed by atoms with Crippen LogP contribution in [0.2, 0.25) is 0 Å². The third kappa shape index (κ3) is 2.96. The molecule has 0 fully saturated rings. The lowest BCUT2D eigenvalue weighted by Gasteiger charge is -2.08. The molecule has 0 saturated heterocycles. The molecule has 112 valence electrons. The molecular formula is C18H19N3O. The number of phenolic OH excluding ortho intramolecular Hbond substituents is 1. The van der Waals surface area contributed by atoms with Crippen LogP contribution in [0.1, 0.15) is 18.1 Å². The molecular weight excluding hydrogens is 274 g/mol. The molecule has 4 heteroatoms. The molecule has 22 heavy (non-hydrogen) atoms. The molecule has 2 aromatic carbocycles. The number of nitrogens with zero attached hydrogens (tertiary/aromatic N) is 1. The van der Waals surface area contributed by atoms with Gasteiger partial charge in [0.1, 0.15) is 5.75 Å². The van der Waals surface area contributed by atoms with Crippen LogP contribution in [0.15, 0.2) is 48.5 Å². The second-order valence-electron chi connectivity index (χ2n) is 5.36. The molecule has 0 atom stereocenters. The van der Waals surface area contributed by atoms with Crippen molar-refractivity contribution in [3.63, 3.8) is 0 Å². The van der Waals surface area contributed by atoms with Gasteiger partial charge in [-0.25, -0.2) is 0 Å². The van der Waals surface area contributed by atoms with Crippen LogP contribution < -0.4 is 5.32 Å². The van der Waals surface area contributed by atoms with E-state index in [1.54, 1.807) is 12.1 Å². The van der Waals surface area contributed by atoms with Crippen LogP contribution >= 0.6 is 0 Å². The summed E-state index contributed by atoms with van der Waals surface area (Å²) in [5, 5.41) is 20.2. The zero-order valence-electron chi connectivity index (χ0n) is 12.7. The summed E-state index contributed by atoms with van der Waals surface area (Å²) in [5.74, 6) is 1.04. The Morgan fingerprint density at radius 2 is 2.00 bits per heavy atom. The number of rotatable bonds is 4. The quantitative estimate of drug-likeness (QED) is 0.625. The van der Waals surface area contributed by atoms with Gasteiger partial charge in [0.2, 0.25) is 0 Å². The van der Waals surface area contributed by atoms with E-state index < -0.39 is 0 Å². The van der Waals surface area contributed by atoms with Gasteiger partial charge in [-0.05, 0) is 48.7 Å². The smallest absolute Gasteiger partial charge is 0.152 e. The number of H-pyrrole nitrogens is 1. The summed E-state index contributed by atoms with van der Waals surface area (Å²) in [6, 6.07) is 15.6. The van der Waals surface area contributed by atoms with Gasteiger partial charge < -0.3 is 10.4 Å². The Morgan fingerprint density at radius 3 is 2.77 bits per heavy atom. The summed E-state index contributed by atoms with van der Waals surface area (Å²) >= 11 is 0. The van der Waals surface area contributed by atoms with Gasteiger partial charge in [0.05, 0.1) is 5.69 Å². The van der Waals surface area contributed by atoms with Crippen LogP contribution in [0.5, 0.6) is 5.75 Å². The first-order valence-electron chi connectivity index (χ1n) is 7.37. The zero-order chi connectivity index (χ0) is 15.5. The number of anilines is 2. The molecule has 0 aliphatic heterocycles. The Bertz CT molecular complexity index is 793. The monoisotopic (exact) mass is 293 g/mol. The van der Waals surface area contributed by atoms with Gasteiger partial charge in [0, 0.05) is 11.8 Å². The summed E-state index contributed by atoms with van der Waals surface area (Å²) in [6.45, 7) is 4.13. The Morgan fingerprint density at radius 1 is 1.14 bits per heavy atom. The molecule has 0 aliphatic carbocycles. The maximum atomic E-state index is 9.56. The first-order valence-corrected chi connectivity index (χ1v) is 7.37. The standard InChI is InChI=1S/C18H19N3O/c1-3-13-10-15(22)7-8-16(13)19-18-11-17(20-21-18)14-6-4-5-12(2)9-14/h4-11,22H,3H2,1-2H3,(H2,19,20,21). The zero-order valence-corrected chi connectivity index (χ0v) is 12.7. The number of aryl methyl sites for hydroxylation is 2. The van der Waals surface area contributed by atoms with Gasteiger partial charge in [0.15, 0.2) is 5.82 Å².